The highest BCUT2D eigenvalue weighted by molar-refractivity contribution is 7.10. The molecule has 1 aliphatic heterocycles. The first kappa shape index (κ1) is 26.4. The highest BCUT2D eigenvalue weighted by Gasteiger charge is 2.28. The number of aryl methyl sites for hydroxylation is 2. The van der Waals surface area contributed by atoms with Crippen LogP contribution in [0.15, 0.2) is 41.8 Å². The van der Waals surface area contributed by atoms with Gasteiger partial charge in [0.25, 0.3) is 5.91 Å². The van der Waals surface area contributed by atoms with Crippen LogP contribution >= 0.6 is 11.3 Å². The molecule has 5 rings (SSSR count). The number of aliphatic carboxylic acids is 1. The fourth-order valence-corrected chi connectivity index (χ4v) is 6.57. The van der Waals surface area contributed by atoms with Gasteiger partial charge in [0, 0.05) is 35.5 Å². The van der Waals surface area contributed by atoms with E-state index in [9.17, 15) is 14.7 Å². The van der Waals surface area contributed by atoms with Crippen LogP contribution in [-0.2, 0) is 11.4 Å². The minimum atomic E-state index is -0.677. The number of hydrogen-bond donors (Lipinski definition) is 1. The molecule has 2 heterocycles. The summed E-state index contributed by atoms with van der Waals surface area (Å²) in [7, 11) is 0. The largest absolute Gasteiger partial charge is 0.488 e. The second-order valence-corrected chi connectivity index (χ2v) is 11.6. The third-order valence-electron chi connectivity index (χ3n) is 7.97. The van der Waals surface area contributed by atoms with Crippen LogP contribution in [0.25, 0.3) is 11.3 Å². The van der Waals surface area contributed by atoms with E-state index in [-0.39, 0.29) is 11.8 Å². The first-order valence-electron chi connectivity index (χ1n) is 13.7. The molecule has 200 valence electrons. The van der Waals surface area contributed by atoms with Crippen molar-refractivity contribution in [2.24, 2.45) is 5.92 Å². The molecule has 0 unspecified atom stereocenters. The third-order valence-corrected chi connectivity index (χ3v) is 8.98. The van der Waals surface area contributed by atoms with E-state index < -0.39 is 5.97 Å². The number of carboxylic acid groups (broad SMARTS) is 1. The minimum Gasteiger partial charge on any atom is -0.488 e. The molecule has 1 saturated heterocycles. The van der Waals surface area contributed by atoms with E-state index in [1.807, 2.05) is 42.2 Å². The molecule has 2 aromatic carbocycles. The van der Waals surface area contributed by atoms with Gasteiger partial charge < -0.3 is 14.7 Å². The van der Waals surface area contributed by atoms with Crippen LogP contribution < -0.4 is 4.74 Å². The van der Waals surface area contributed by atoms with Crippen LogP contribution in [0, 0.1) is 19.8 Å². The number of hydrogen-bond acceptors (Lipinski definition) is 5. The van der Waals surface area contributed by atoms with E-state index in [0.717, 1.165) is 95.9 Å². The summed E-state index contributed by atoms with van der Waals surface area (Å²) in [5.74, 6) is 0.338. The number of thiazole rings is 1. The van der Waals surface area contributed by atoms with Gasteiger partial charge in [-0.3, -0.25) is 9.59 Å². The van der Waals surface area contributed by atoms with Crippen molar-refractivity contribution >= 4 is 23.2 Å². The van der Waals surface area contributed by atoms with Crippen molar-refractivity contribution in [1.82, 2.24) is 9.88 Å². The fraction of sp³-hybridized carbons (Fsp3) is 0.452. The van der Waals surface area contributed by atoms with Gasteiger partial charge in [0.15, 0.2) is 0 Å². The Morgan fingerprint density at radius 1 is 1.03 bits per heavy atom. The quantitative estimate of drug-likeness (QED) is 0.355. The maximum Gasteiger partial charge on any atom is 0.306 e. The SMILES string of the molecule is Cc1ccc(OCc2ccc(C(=O)N3CCCCC3)cc2C)c(-c2csc([C@H]3CC[C@@H](C(=O)O)CC3)n2)c1. The first-order chi connectivity index (χ1) is 18.4. The Hall–Kier alpha value is -3.19. The molecular formula is C31H36N2O4S. The lowest BCUT2D eigenvalue weighted by Gasteiger charge is -2.27. The summed E-state index contributed by atoms with van der Waals surface area (Å²) in [5, 5.41) is 12.5. The van der Waals surface area contributed by atoms with E-state index in [1.165, 1.54) is 6.42 Å². The molecule has 3 aromatic rings. The molecule has 2 fully saturated rings. The van der Waals surface area contributed by atoms with E-state index >= 15 is 0 Å². The summed E-state index contributed by atoms with van der Waals surface area (Å²) < 4.78 is 6.33. The molecule has 1 saturated carbocycles. The smallest absolute Gasteiger partial charge is 0.306 e. The lowest BCUT2D eigenvalue weighted by atomic mass is 9.82. The van der Waals surface area contributed by atoms with Crippen molar-refractivity contribution < 1.29 is 19.4 Å². The lowest BCUT2D eigenvalue weighted by Crippen LogP contribution is -2.35. The number of likely N-dealkylation sites (tertiary alicyclic amines) is 1. The van der Waals surface area contributed by atoms with E-state index in [4.69, 9.17) is 9.72 Å². The van der Waals surface area contributed by atoms with Gasteiger partial charge >= 0.3 is 5.97 Å². The molecular weight excluding hydrogens is 496 g/mol. The Kier molecular flexibility index (Phi) is 8.12. The Balaban J connectivity index is 1.28. The number of nitrogens with zero attached hydrogens (tertiary/aromatic N) is 2. The van der Waals surface area contributed by atoms with Gasteiger partial charge in [0.05, 0.1) is 16.6 Å². The molecule has 38 heavy (non-hydrogen) atoms. The van der Waals surface area contributed by atoms with Crippen LogP contribution in [0.3, 0.4) is 0 Å². The highest BCUT2D eigenvalue weighted by atomic mass is 32.1. The molecule has 0 spiro atoms. The molecule has 1 aromatic heterocycles. The zero-order chi connectivity index (χ0) is 26.6. The van der Waals surface area contributed by atoms with E-state index in [1.54, 1.807) is 11.3 Å². The monoisotopic (exact) mass is 532 g/mol. The molecule has 1 N–H and O–H groups in total. The number of amides is 1. The number of carboxylic acids is 1. The zero-order valence-electron chi connectivity index (χ0n) is 22.2. The number of rotatable bonds is 7. The normalized spacial score (nSPS) is 19.8. The number of aromatic nitrogens is 1. The molecule has 0 radical (unpaired) electrons. The molecule has 1 amide bonds. The number of piperidine rings is 1. The summed E-state index contributed by atoms with van der Waals surface area (Å²) in [5.41, 5.74) is 5.87. The zero-order valence-corrected chi connectivity index (χ0v) is 23.1. The predicted molar refractivity (Wildman–Crippen MR) is 150 cm³/mol. The highest BCUT2D eigenvalue weighted by Crippen LogP contribution is 2.40. The van der Waals surface area contributed by atoms with Gasteiger partial charge in [0.1, 0.15) is 12.4 Å². The van der Waals surface area contributed by atoms with Gasteiger partial charge in [0.2, 0.25) is 0 Å². The number of carbonyl (C=O) groups is 2. The molecule has 1 aliphatic carbocycles. The Bertz CT molecular complexity index is 1300. The Morgan fingerprint density at radius 3 is 2.50 bits per heavy atom. The van der Waals surface area contributed by atoms with Crippen LogP contribution in [0.4, 0.5) is 0 Å². The van der Waals surface area contributed by atoms with Crippen LogP contribution in [-0.4, -0.2) is 40.0 Å². The summed E-state index contributed by atoms with van der Waals surface area (Å²) in [4.78, 5) is 31.1. The van der Waals surface area contributed by atoms with Crippen LogP contribution in [0.2, 0.25) is 0 Å². The van der Waals surface area contributed by atoms with Crippen LogP contribution in [0.5, 0.6) is 5.75 Å². The fourth-order valence-electron chi connectivity index (χ4n) is 5.58. The summed E-state index contributed by atoms with van der Waals surface area (Å²) in [6.07, 6.45) is 6.55. The Morgan fingerprint density at radius 2 is 1.79 bits per heavy atom. The topological polar surface area (TPSA) is 79.7 Å². The molecule has 0 bridgehead atoms. The van der Waals surface area contributed by atoms with Gasteiger partial charge in [-0.05, 0) is 94.2 Å². The van der Waals surface area contributed by atoms with Gasteiger partial charge in [-0.15, -0.1) is 11.3 Å². The van der Waals surface area contributed by atoms with Crippen molar-refractivity contribution in [2.45, 2.75) is 71.3 Å². The summed E-state index contributed by atoms with van der Waals surface area (Å²) in [6, 6.07) is 12.1. The minimum absolute atomic E-state index is 0.122. The molecule has 2 aliphatic rings. The van der Waals surface area contributed by atoms with Crippen molar-refractivity contribution in [2.75, 3.05) is 13.1 Å². The second kappa shape index (κ2) is 11.7. The summed E-state index contributed by atoms with van der Waals surface area (Å²) >= 11 is 1.66. The average molecular weight is 533 g/mol. The van der Waals surface area contributed by atoms with Crippen LogP contribution in [0.1, 0.15) is 82.9 Å². The van der Waals surface area contributed by atoms with Crippen molar-refractivity contribution in [3.8, 4) is 17.0 Å². The predicted octanol–water partition coefficient (Wildman–Crippen LogP) is 6.99. The summed E-state index contributed by atoms with van der Waals surface area (Å²) in [6.45, 7) is 6.21. The lowest BCUT2D eigenvalue weighted by molar-refractivity contribution is -0.142. The molecule has 7 heteroatoms. The number of benzene rings is 2. The third kappa shape index (κ3) is 5.93. The maximum absolute atomic E-state index is 12.9. The number of ether oxygens (including phenoxy) is 1. The maximum atomic E-state index is 12.9. The Labute approximate surface area is 228 Å². The standard InChI is InChI=1S/C31H36N2O4S/c1-20-6-13-28(26(16-20)27-19-38-29(32-27)22-7-9-23(10-8-22)31(35)36)37-18-25-12-11-24(17-21(25)2)30(34)33-14-4-3-5-15-33/h6,11-13,16-17,19,22-23H,3-5,7-10,14-15,18H2,1-2H3,(H,35,36)/t22-,23+. The van der Waals surface area contributed by atoms with E-state index in [2.05, 4.69) is 18.4 Å². The van der Waals surface area contributed by atoms with Crippen molar-refractivity contribution in [1.29, 1.82) is 0 Å². The average Bonchev–Trinajstić information content (AvgIpc) is 3.43. The molecule has 0 atom stereocenters. The number of carbonyl (C=O) groups excluding carboxylic acids is 1. The van der Waals surface area contributed by atoms with Gasteiger partial charge in [-0.2, -0.15) is 0 Å². The molecule has 6 nitrogen and oxygen atoms in total. The van der Waals surface area contributed by atoms with Gasteiger partial charge in [-0.1, -0.05) is 17.7 Å². The van der Waals surface area contributed by atoms with Gasteiger partial charge in [-0.25, -0.2) is 4.98 Å². The first-order valence-corrected chi connectivity index (χ1v) is 14.6. The van der Waals surface area contributed by atoms with Crippen molar-refractivity contribution in [3.05, 3.63) is 69.0 Å². The van der Waals surface area contributed by atoms with Crippen molar-refractivity contribution in [3.63, 3.8) is 0 Å². The second-order valence-electron chi connectivity index (χ2n) is 10.7. The van der Waals surface area contributed by atoms with E-state index in [0.29, 0.717) is 12.5 Å².